The highest BCUT2D eigenvalue weighted by molar-refractivity contribution is 6.30. The fraction of sp³-hybridized carbons (Fsp3) is 0.150. The molecule has 1 heterocycles. The Balaban J connectivity index is 1.61. The Morgan fingerprint density at radius 2 is 1.59 bits per heavy atom. The maximum atomic E-state index is 12.2. The summed E-state index contributed by atoms with van der Waals surface area (Å²) < 4.78 is 5.61. The number of benzene rings is 2. The number of hydrogen-bond donors (Lipinski definition) is 2. The van der Waals surface area contributed by atoms with Crippen molar-refractivity contribution in [1.29, 1.82) is 0 Å². The fourth-order valence-corrected chi connectivity index (χ4v) is 2.41. The van der Waals surface area contributed by atoms with Crippen LogP contribution in [0, 0.1) is 0 Å². The monoisotopic (exact) mass is 382 g/mol. The highest BCUT2D eigenvalue weighted by Gasteiger charge is 2.09. The smallest absolute Gasteiger partial charge is 0.276 e. The van der Waals surface area contributed by atoms with Crippen molar-refractivity contribution in [2.45, 2.75) is 20.0 Å². The van der Waals surface area contributed by atoms with Crippen LogP contribution in [-0.4, -0.2) is 22.2 Å². The maximum absolute atomic E-state index is 12.2. The first kappa shape index (κ1) is 18.7. The Morgan fingerprint density at radius 3 is 2.19 bits per heavy atom. The molecule has 27 heavy (non-hydrogen) atoms. The van der Waals surface area contributed by atoms with Crippen LogP contribution in [0.3, 0.4) is 0 Å². The Kier molecular flexibility index (Phi) is 5.88. The zero-order valence-electron chi connectivity index (χ0n) is 14.9. The number of ether oxygens (including phenoxy) is 1. The Morgan fingerprint density at radius 1 is 0.926 bits per heavy atom. The zero-order chi connectivity index (χ0) is 19.2. The number of halogens is 1. The molecule has 1 aromatic heterocycles. The van der Waals surface area contributed by atoms with Crippen molar-refractivity contribution < 1.29 is 9.53 Å². The topological polar surface area (TPSA) is 76.1 Å². The van der Waals surface area contributed by atoms with Crippen LogP contribution in [0.2, 0.25) is 5.02 Å². The predicted octanol–water partition coefficient (Wildman–Crippen LogP) is 4.91. The number of amides is 1. The molecule has 0 saturated carbocycles. The van der Waals surface area contributed by atoms with E-state index in [0.29, 0.717) is 16.5 Å². The van der Waals surface area contributed by atoms with Gasteiger partial charge in [0, 0.05) is 16.4 Å². The lowest BCUT2D eigenvalue weighted by molar-refractivity contribution is 0.102. The van der Waals surface area contributed by atoms with Crippen molar-refractivity contribution >= 4 is 34.7 Å². The molecule has 0 aliphatic carbocycles. The number of carbonyl (C=O) groups excluding carboxylic acids is 1. The van der Waals surface area contributed by atoms with Crippen LogP contribution in [-0.2, 0) is 0 Å². The number of nitrogens with one attached hydrogen (secondary N) is 2. The second-order valence-electron chi connectivity index (χ2n) is 6.08. The third kappa shape index (κ3) is 5.43. The molecule has 0 atom stereocenters. The molecule has 3 aromatic rings. The van der Waals surface area contributed by atoms with Crippen LogP contribution >= 0.6 is 11.6 Å². The first-order valence-corrected chi connectivity index (χ1v) is 8.82. The molecular formula is C20H19ClN4O2. The van der Waals surface area contributed by atoms with E-state index in [0.717, 1.165) is 11.4 Å². The summed E-state index contributed by atoms with van der Waals surface area (Å²) in [7, 11) is 0. The van der Waals surface area contributed by atoms with E-state index in [1.54, 1.807) is 36.4 Å². The molecule has 7 heteroatoms. The number of anilines is 3. The van der Waals surface area contributed by atoms with E-state index in [9.17, 15) is 4.79 Å². The zero-order valence-corrected chi connectivity index (χ0v) is 15.7. The second kappa shape index (κ2) is 8.51. The van der Waals surface area contributed by atoms with Crippen LogP contribution in [0.5, 0.6) is 5.75 Å². The molecule has 2 N–H and O–H groups in total. The lowest BCUT2D eigenvalue weighted by atomic mass is 10.3. The van der Waals surface area contributed by atoms with Gasteiger partial charge >= 0.3 is 0 Å². The van der Waals surface area contributed by atoms with Crippen molar-refractivity contribution in [2.75, 3.05) is 10.6 Å². The Labute approximate surface area is 162 Å². The number of nitrogens with zero attached hydrogens (tertiary/aromatic N) is 2. The van der Waals surface area contributed by atoms with Gasteiger partial charge in [0.05, 0.1) is 6.10 Å². The van der Waals surface area contributed by atoms with Crippen molar-refractivity contribution in [3.8, 4) is 5.75 Å². The third-order valence-corrected chi connectivity index (χ3v) is 3.75. The summed E-state index contributed by atoms with van der Waals surface area (Å²) >= 11 is 5.83. The van der Waals surface area contributed by atoms with Gasteiger partial charge < -0.3 is 15.4 Å². The Bertz CT molecular complexity index is 895. The summed E-state index contributed by atoms with van der Waals surface area (Å²) in [5, 5.41) is 14.5. The summed E-state index contributed by atoms with van der Waals surface area (Å²) in [6.45, 7) is 3.96. The van der Waals surface area contributed by atoms with Crippen molar-refractivity contribution in [3.05, 3.63) is 71.4 Å². The van der Waals surface area contributed by atoms with Gasteiger partial charge in [-0.25, -0.2) is 0 Å². The number of aromatic nitrogens is 2. The number of hydrogen-bond acceptors (Lipinski definition) is 5. The summed E-state index contributed by atoms with van der Waals surface area (Å²) in [6, 6.07) is 17.7. The van der Waals surface area contributed by atoms with E-state index in [4.69, 9.17) is 16.3 Å². The van der Waals surface area contributed by atoms with Gasteiger partial charge in [0.2, 0.25) is 0 Å². The van der Waals surface area contributed by atoms with Crippen molar-refractivity contribution in [2.24, 2.45) is 0 Å². The van der Waals surface area contributed by atoms with Crippen LogP contribution in [0.1, 0.15) is 24.3 Å². The summed E-state index contributed by atoms with van der Waals surface area (Å²) in [4.78, 5) is 12.2. The maximum Gasteiger partial charge on any atom is 0.276 e. The Hall–Kier alpha value is -3.12. The van der Waals surface area contributed by atoms with Crippen molar-refractivity contribution in [1.82, 2.24) is 10.2 Å². The van der Waals surface area contributed by atoms with Crippen molar-refractivity contribution in [3.63, 3.8) is 0 Å². The number of rotatable bonds is 6. The van der Waals surface area contributed by atoms with Crippen LogP contribution in [0.25, 0.3) is 0 Å². The molecule has 0 aliphatic rings. The minimum absolute atomic E-state index is 0.126. The van der Waals surface area contributed by atoms with Gasteiger partial charge in [0.25, 0.3) is 5.91 Å². The van der Waals surface area contributed by atoms with Crippen LogP contribution in [0.15, 0.2) is 60.7 Å². The largest absolute Gasteiger partial charge is 0.491 e. The molecule has 0 radical (unpaired) electrons. The van der Waals surface area contributed by atoms with E-state index in [1.807, 2.05) is 38.1 Å². The van der Waals surface area contributed by atoms with Gasteiger partial charge in [0.1, 0.15) is 5.75 Å². The SMILES string of the molecule is CC(C)Oc1ccc(Nc2ccc(C(=O)Nc3ccc(Cl)cc3)nn2)cc1. The standard InChI is InChI=1S/C20H19ClN4O2/c1-13(2)27-17-9-7-15(8-10-17)22-19-12-11-18(24-25-19)20(26)23-16-5-3-14(21)4-6-16/h3-13H,1-2H3,(H,22,25)(H,23,26). The molecule has 6 nitrogen and oxygen atoms in total. The predicted molar refractivity (Wildman–Crippen MR) is 107 cm³/mol. The van der Waals surface area contributed by atoms with E-state index < -0.39 is 0 Å². The molecule has 0 unspecified atom stereocenters. The highest BCUT2D eigenvalue weighted by Crippen LogP contribution is 2.20. The van der Waals surface area contributed by atoms with Gasteiger partial charge in [-0.3, -0.25) is 4.79 Å². The molecule has 1 amide bonds. The van der Waals surface area contributed by atoms with E-state index >= 15 is 0 Å². The average molecular weight is 383 g/mol. The normalized spacial score (nSPS) is 10.5. The molecule has 2 aromatic carbocycles. The molecule has 0 fully saturated rings. The minimum atomic E-state index is -0.341. The lowest BCUT2D eigenvalue weighted by Gasteiger charge is -2.11. The highest BCUT2D eigenvalue weighted by atomic mass is 35.5. The summed E-state index contributed by atoms with van der Waals surface area (Å²) in [6.07, 6.45) is 0.126. The van der Waals surface area contributed by atoms with Crippen LogP contribution < -0.4 is 15.4 Å². The van der Waals surface area contributed by atoms with Gasteiger partial charge in [-0.1, -0.05) is 11.6 Å². The fourth-order valence-electron chi connectivity index (χ4n) is 2.29. The first-order valence-electron chi connectivity index (χ1n) is 8.44. The van der Waals surface area contributed by atoms with Crippen LogP contribution in [0.4, 0.5) is 17.2 Å². The lowest BCUT2D eigenvalue weighted by Crippen LogP contribution is -2.14. The van der Waals surface area contributed by atoms with E-state index in [-0.39, 0.29) is 17.7 Å². The molecular weight excluding hydrogens is 364 g/mol. The van der Waals surface area contributed by atoms with Gasteiger partial charge in [0.15, 0.2) is 11.5 Å². The molecule has 0 spiro atoms. The summed E-state index contributed by atoms with van der Waals surface area (Å²) in [5.41, 5.74) is 1.70. The quantitative estimate of drug-likeness (QED) is 0.633. The van der Waals surface area contributed by atoms with Gasteiger partial charge in [-0.05, 0) is 74.5 Å². The van der Waals surface area contributed by atoms with Gasteiger partial charge in [-0.2, -0.15) is 0 Å². The summed E-state index contributed by atoms with van der Waals surface area (Å²) in [5.74, 6) is 0.998. The molecule has 0 aliphatic heterocycles. The van der Waals surface area contributed by atoms with E-state index in [1.165, 1.54) is 0 Å². The first-order chi connectivity index (χ1) is 13.0. The molecule has 138 valence electrons. The van der Waals surface area contributed by atoms with Gasteiger partial charge in [-0.15, -0.1) is 10.2 Å². The molecule has 0 bridgehead atoms. The minimum Gasteiger partial charge on any atom is -0.491 e. The third-order valence-electron chi connectivity index (χ3n) is 3.50. The number of carbonyl (C=O) groups is 1. The average Bonchev–Trinajstić information content (AvgIpc) is 2.65. The second-order valence-corrected chi connectivity index (χ2v) is 6.52. The molecule has 0 saturated heterocycles. The van der Waals surface area contributed by atoms with E-state index in [2.05, 4.69) is 20.8 Å². The molecule has 3 rings (SSSR count).